The summed E-state index contributed by atoms with van der Waals surface area (Å²) in [5.74, 6) is 0.598. The first kappa shape index (κ1) is 21.0. The largest absolute Gasteiger partial charge is 0.350 e. The Labute approximate surface area is 164 Å². The maximum absolute atomic E-state index is 12.7. The predicted molar refractivity (Wildman–Crippen MR) is 103 cm³/mol. The number of nitrogens with zero attached hydrogens (tertiary/aromatic N) is 1. The first-order chi connectivity index (χ1) is 13.3. The molecule has 2 aliphatic rings. The van der Waals surface area contributed by atoms with Crippen LogP contribution < -0.4 is 10.2 Å². The van der Waals surface area contributed by atoms with E-state index in [1.165, 1.54) is 12.1 Å². The van der Waals surface area contributed by atoms with E-state index in [2.05, 4.69) is 17.1 Å². The normalized spacial score (nSPS) is 26.0. The van der Waals surface area contributed by atoms with E-state index < -0.39 is 21.2 Å². The summed E-state index contributed by atoms with van der Waals surface area (Å²) >= 11 is 0. The lowest BCUT2D eigenvalue weighted by atomic mass is 9.88. The molecule has 0 radical (unpaired) electrons. The maximum atomic E-state index is 12.7. The first-order valence-corrected chi connectivity index (χ1v) is 11.2. The molecule has 10 heteroatoms. The Bertz CT molecular complexity index is 787. The van der Waals surface area contributed by atoms with Gasteiger partial charge >= 0.3 is 0 Å². The predicted octanol–water partition coefficient (Wildman–Crippen LogP) is 3.32. The number of hydrogen-bond donors (Lipinski definition) is 2. The van der Waals surface area contributed by atoms with Crippen molar-refractivity contribution in [3.05, 3.63) is 28.3 Å². The average molecular weight is 413 g/mol. The van der Waals surface area contributed by atoms with Crippen LogP contribution in [0.3, 0.4) is 0 Å². The summed E-state index contributed by atoms with van der Waals surface area (Å²) in [6.45, 7) is 2.73. The molecule has 1 aliphatic heterocycles. The topological polar surface area (TPSA) is 120 Å². The van der Waals surface area contributed by atoms with Crippen molar-refractivity contribution < 1.29 is 22.9 Å². The van der Waals surface area contributed by atoms with Crippen molar-refractivity contribution in [1.29, 1.82) is 0 Å². The molecule has 2 fully saturated rings. The highest BCUT2D eigenvalue weighted by molar-refractivity contribution is 7.89. The van der Waals surface area contributed by atoms with Crippen LogP contribution in [-0.2, 0) is 19.6 Å². The number of anilines is 1. The molecule has 28 heavy (non-hydrogen) atoms. The molecule has 1 unspecified atom stereocenters. The molecule has 1 heterocycles. The number of nitrogens with one attached hydrogen (secondary N) is 2. The van der Waals surface area contributed by atoms with Crippen molar-refractivity contribution in [2.24, 2.45) is 5.92 Å². The second kappa shape index (κ2) is 9.17. The van der Waals surface area contributed by atoms with Gasteiger partial charge in [-0.25, -0.2) is 18.0 Å². The van der Waals surface area contributed by atoms with Crippen LogP contribution in [0.25, 0.3) is 0 Å². The van der Waals surface area contributed by atoms with Crippen molar-refractivity contribution in [1.82, 2.24) is 4.72 Å². The Kier molecular flexibility index (Phi) is 6.86. The minimum absolute atomic E-state index is 0.0876. The van der Waals surface area contributed by atoms with E-state index in [4.69, 9.17) is 9.57 Å². The lowest BCUT2D eigenvalue weighted by Crippen LogP contribution is -2.37. The SMILES string of the molecule is CC1CCC(NS(=O)(=O)c2ccc(NOC3CCCCO3)c([N+](=O)[O-])c2)CC1. The molecule has 156 valence electrons. The molecule has 2 N–H and O–H groups in total. The third-order valence-corrected chi connectivity index (χ3v) is 6.77. The van der Waals surface area contributed by atoms with Crippen LogP contribution in [0.4, 0.5) is 11.4 Å². The molecule has 1 saturated heterocycles. The molecule has 1 aromatic carbocycles. The van der Waals surface area contributed by atoms with Crippen LogP contribution in [0.1, 0.15) is 51.9 Å². The molecule has 0 bridgehead atoms. The highest BCUT2D eigenvalue weighted by Crippen LogP contribution is 2.30. The highest BCUT2D eigenvalue weighted by atomic mass is 32.2. The van der Waals surface area contributed by atoms with Crippen molar-refractivity contribution in [3.8, 4) is 0 Å². The Hall–Kier alpha value is -1.75. The van der Waals surface area contributed by atoms with Gasteiger partial charge in [0, 0.05) is 25.1 Å². The second-order valence-corrected chi connectivity index (χ2v) is 9.24. The minimum atomic E-state index is -3.83. The smallest absolute Gasteiger partial charge is 0.295 e. The molecule has 1 saturated carbocycles. The van der Waals surface area contributed by atoms with Gasteiger partial charge in [0.2, 0.25) is 10.0 Å². The molecule has 0 spiro atoms. The Balaban J connectivity index is 1.71. The number of ether oxygens (including phenoxy) is 1. The molecule has 1 atom stereocenters. The van der Waals surface area contributed by atoms with E-state index in [0.29, 0.717) is 18.9 Å². The van der Waals surface area contributed by atoms with Gasteiger partial charge in [0.05, 0.1) is 9.82 Å². The number of benzene rings is 1. The maximum Gasteiger partial charge on any atom is 0.295 e. The van der Waals surface area contributed by atoms with Gasteiger partial charge in [-0.3, -0.25) is 15.6 Å². The lowest BCUT2D eigenvalue weighted by molar-refractivity contribution is -0.384. The van der Waals surface area contributed by atoms with Crippen LogP contribution in [0.5, 0.6) is 0 Å². The molecule has 0 amide bonds. The van der Waals surface area contributed by atoms with Crippen LogP contribution >= 0.6 is 0 Å². The average Bonchev–Trinajstić information content (AvgIpc) is 2.68. The number of rotatable bonds is 7. The second-order valence-electron chi connectivity index (χ2n) is 7.53. The Morgan fingerprint density at radius 2 is 1.93 bits per heavy atom. The zero-order valence-electron chi connectivity index (χ0n) is 15.9. The number of sulfonamides is 1. The third-order valence-electron chi connectivity index (χ3n) is 5.25. The standard InChI is InChI=1S/C18H27N3O6S/c1-13-5-7-14(8-6-13)20-28(24,25)15-9-10-16(17(12-15)21(22)23)19-27-18-4-2-3-11-26-18/h9-10,12-14,18-20H,2-8,11H2,1H3. The van der Waals surface area contributed by atoms with E-state index in [9.17, 15) is 18.5 Å². The minimum Gasteiger partial charge on any atom is -0.350 e. The van der Waals surface area contributed by atoms with Crippen molar-refractivity contribution in [3.63, 3.8) is 0 Å². The van der Waals surface area contributed by atoms with E-state index in [-0.39, 0.29) is 22.3 Å². The van der Waals surface area contributed by atoms with Crippen molar-refractivity contribution >= 4 is 21.4 Å². The Morgan fingerprint density at radius 3 is 2.57 bits per heavy atom. The van der Waals surface area contributed by atoms with Gasteiger partial charge in [0.25, 0.3) is 5.69 Å². The van der Waals surface area contributed by atoms with E-state index in [0.717, 1.165) is 44.6 Å². The van der Waals surface area contributed by atoms with Crippen LogP contribution in [0.15, 0.2) is 23.1 Å². The van der Waals surface area contributed by atoms with Crippen LogP contribution in [0, 0.1) is 16.0 Å². The summed E-state index contributed by atoms with van der Waals surface area (Å²) in [5, 5.41) is 11.4. The van der Waals surface area contributed by atoms with Gasteiger partial charge in [-0.2, -0.15) is 0 Å². The molecular weight excluding hydrogens is 386 g/mol. The van der Waals surface area contributed by atoms with Gasteiger partial charge in [0.1, 0.15) is 5.69 Å². The van der Waals surface area contributed by atoms with Gasteiger partial charge in [-0.1, -0.05) is 6.92 Å². The van der Waals surface area contributed by atoms with Gasteiger partial charge in [-0.15, -0.1) is 0 Å². The Morgan fingerprint density at radius 1 is 1.18 bits per heavy atom. The van der Waals surface area contributed by atoms with Crippen LogP contribution in [-0.4, -0.2) is 32.3 Å². The van der Waals surface area contributed by atoms with Gasteiger partial charge in [-0.05, 0) is 56.6 Å². The van der Waals surface area contributed by atoms with E-state index in [1.54, 1.807) is 0 Å². The summed E-state index contributed by atoms with van der Waals surface area (Å²) in [6, 6.07) is 3.61. The number of hydrogen-bond acceptors (Lipinski definition) is 7. The quantitative estimate of drug-likeness (QED) is 0.520. The fraction of sp³-hybridized carbons (Fsp3) is 0.667. The third kappa shape index (κ3) is 5.40. The summed E-state index contributed by atoms with van der Waals surface area (Å²) in [7, 11) is -3.83. The summed E-state index contributed by atoms with van der Waals surface area (Å²) in [5.41, 5.74) is 2.27. The molecule has 3 rings (SSSR count). The number of nitro benzene ring substituents is 1. The molecule has 9 nitrogen and oxygen atoms in total. The number of nitro groups is 1. The van der Waals surface area contributed by atoms with E-state index in [1.807, 2.05) is 0 Å². The zero-order valence-corrected chi connectivity index (χ0v) is 16.7. The van der Waals surface area contributed by atoms with Crippen molar-refractivity contribution in [2.75, 3.05) is 12.1 Å². The summed E-state index contributed by atoms with van der Waals surface area (Å²) in [6.07, 6.45) is 5.61. The fourth-order valence-electron chi connectivity index (χ4n) is 3.51. The molecule has 1 aliphatic carbocycles. The lowest BCUT2D eigenvalue weighted by Gasteiger charge is -2.26. The molecule has 0 aromatic heterocycles. The molecule has 1 aromatic rings. The summed E-state index contributed by atoms with van der Waals surface area (Å²) in [4.78, 5) is 16.1. The summed E-state index contributed by atoms with van der Waals surface area (Å²) < 4.78 is 33.4. The van der Waals surface area contributed by atoms with Gasteiger partial charge in [0.15, 0.2) is 6.29 Å². The highest BCUT2D eigenvalue weighted by Gasteiger charge is 2.27. The van der Waals surface area contributed by atoms with E-state index >= 15 is 0 Å². The fourth-order valence-corrected chi connectivity index (χ4v) is 4.84. The van der Waals surface area contributed by atoms with Crippen molar-refractivity contribution in [2.45, 2.75) is 69.1 Å². The molecular formula is C18H27N3O6S. The first-order valence-electron chi connectivity index (χ1n) is 9.69. The monoisotopic (exact) mass is 413 g/mol. The zero-order chi connectivity index (χ0) is 20.1. The van der Waals surface area contributed by atoms with Gasteiger partial charge < -0.3 is 4.74 Å². The van der Waals surface area contributed by atoms with Crippen LogP contribution in [0.2, 0.25) is 0 Å².